The van der Waals surface area contributed by atoms with Gasteiger partial charge < -0.3 is 29.7 Å². The van der Waals surface area contributed by atoms with Gasteiger partial charge in [-0.05, 0) is 81.1 Å². The summed E-state index contributed by atoms with van der Waals surface area (Å²) in [5.41, 5.74) is 2.95. The van der Waals surface area contributed by atoms with Crippen LogP contribution in [0, 0.1) is 6.92 Å². The number of benzene rings is 2. The van der Waals surface area contributed by atoms with Crippen molar-refractivity contribution < 1.29 is 14.9 Å². The average Bonchev–Trinajstić information content (AvgIpc) is 3.64. The highest BCUT2D eigenvalue weighted by Gasteiger charge is 2.24. The van der Waals surface area contributed by atoms with Crippen molar-refractivity contribution in [3.8, 4) is 17.2 Å². The van der Waals surface area contributed by atoms with E-state index in [0.29, 0.717) is 25.2 Å². The molecule has 0 spiro atoms. The fraction of sp³-hybridized carbons (Fsp3) is 0.444. The van der Waals surface area contributed by atoms with Gasteiger partial charge in [-0.15, -0.1) is 0 Å². The highest BCUT2D eigenvalue weighted by molar-refractivity contribution is 5.83. The largest absolute Gasteiger partial charge is 0.504 e. The van der Waals surface area contributed by atoms with E-state index in [-0.39, 0.29) is 17.1 Å². The van der Waals surface area contributed by atoms with Crippen LogP contribution in [0.1, 0.15) is 36.8 Å². The van der Waals surface area contributed by atoms with Gasteiger partial charge in [0.05, 0.1) is 11.6 Å². The van der Waals surface area contributed by atoms with Crippen LogP contribution in [0.2, 0.25) is 0 Å². The maximum absolute atomic E-state index is 12.8. The number of nitrogens with one attached hydrogen (secondary N) is 1. The second kappa shape index (κ2) is 9.68. The van der Waals surface area contributed by atoms with Gasteiger partial charge in [-0.3, -0.25) is 4.79 Å². The Bertz CT molecular complexity index is 1230. The monoisotopic (exact) mass is 463 g/mol. The summed E-state index contributed by atoms with van der Waals surface area (Å²) in [6.45, 7) is 6.11. The molecule has 7 heteroatoms. The van der Waals surface area contributed by atoms with E-state index in [1.54, 1.807) is 12.1 Å². The number of pyridine rings is 1. The van der Waals surface area contributed by atoms with Gasteiger partial charge in [-0.1, -0.05) is 6.07 Å². The number of aryl methyl sites for hydroxylation is 1. The molecule has 2 fully saturated rings. The predicted octanol–water partition coefficient (Wildman–Crippen LogP) is 3.52. The molecule has 1 aromatic heterocycles. The Morgan fingerprint density at radius 2 is 1.76 bits per heavy atom. The summed E-state index contributed by atoms with van der Waals surface area (Å²) in [6, 6.07) is 13.2. The van der Waals surface area contributed by atoms with E-state index >= 15 is 0 Å². The molecule has 5 rings (SSSR count). The number of hydrogen-bond acceptors (Lipinski definition) is 6. The third-order valence-corrected chi connectivity index (χ3v) is 6.98. The summed E-state index contributed by atoms with van der Waals surface area (Å²) in [6.07, 6.45) is 4.62. The van der Waals surface area contributed by atoms with Crippen LogP contribution in [0.25, 0.3) is 10.9 Å². The maximum atomic E-state index is 12.8. The molecule has 3 N–H and O–H groups in total. The third-order valence-electron chi connectivity index (χ3n) is 6.98. The Hall–Kier alpha value is -3.03. The number of aromatic nitrogens is 1. The SMILES string of the molecule is Cc1cc(=O)n(CCN2CCC(NCc3ccc(O)c(O)c3)CC2)c2cc(OC3CC3)ccc12. The molecular weight excluding hydrogens is 430 g/mol. The van der Waals surface area contributed by atoms with Crippen molar-refractivity contribution in [2.75, 3.05) is 19.6 Å². The van der Waals surface area contributed by atoms with Crippen molar-refractivity contribution in [3.05, 3.63) is 63.9 Å². The summed E-state index contributed by atoms with van der Waals surface area (Å²) in [4.78, 5) is 15.3. The van der Waals surface area contributed by atoms with Crippen molar-refractivity contribution in [2.45, 2.75) is 57.8 Å². The van der Waals surface area contributed by atoms with Crippen molar-refractivity contribution in [3.63, 3.8) is 0 Å². The molecule has 3 aromatic rings. The standard InChI is InChI=1S/C27H33N3O4/c1-18-14-27(33)30(24-16-22(5-6-23(18)24)34-21-3-4-21)13-12-29-10-8-20(9-11-29)28-17-19-2-7-25(31)26(32)15-19/h2,5-7,14-16,20-21,28,31-32H,3-4,8-13,17H2,1H3. The van der Waals surface area contributed by atoms with Crippen LogP contribution in [0.4, 0.5) is 0 Å². The Labute approximate surface area is 199 Å². The van der Waals surface area contributed by atoms with E-state index in [9.17, 15) is 15.0 Å². The summed E-state index contributed by atoms with van der Waals surface area (Å²) >= 11 is 0. The summed E-state index contributed by atoms with van der Waals surface area (Å²) in [5.74, 6) is 0.672. The molecule has 1 aliphatic carbocycles. The Kier molecular flexibility index (Phi) is 6.48. The minimum atomic E-state index is -0.0933. The van der Waals surface area contributed by atoms with Crippen molar-refractivity contribution >= 4 is 10.9 Å². The molecule has 1 aliphatic heterocycles. The normalized spacial score (nSPS) is 17.3. The molecule has 2 aliphatic rings. The molecule has 0 radical (unpaired) electrons. The van der Waals surface area contributed by atoms with E-state index in [1.807, 2.05) is 29.7 Å². The summed E-state index contributed by atoms with van der Waals surface area (Å²) in [7, 11) is 0. The lowest BCUT2D eigenvalue weighted by atomic mass is 10.0. The maximum Gasteiger partial charge on any atom is 0.251 e. The van der Waals surface area contributed by atoms with Crippen LogP contribution in [0.15, 0.2) is 47.3 Å². The zero-order valence-electron chi connectivity index (χ0n) is 19.7. The number of piperidine rings is 1. The molecule has 0 amide bonds. The number of phenols is 2. The van der Waals surface area contributed by atoms with Gasteiger partial charge in [-0.2, -0.15) is 0 Å². The number of fused-ring (bicyclic) bond motifs is 1. The van der Waals surface area contributed by atoms with Crippen molar-refractivity contribution in [1.82, 2.24) is 14.8 Å². The summed E-state index contributed by atoms with van der Waals surface area (Å²) in [5, 5.41) is 23.8. The Balaban J connectivity index is 1.18. The molecule has 0 unspecified atom stereocenters. The van der Waals surface area contributed by atoms with E-state index in [4.69, 9.17) is 4.74 Å². The number of likely N-dealkylation sites (tertiary alicyclic amines) is 1. The second-order valence-corrected chi connectivity index (χ2v) is 9.63. The molecule has 0 bridgehead atoms. The number of hydrogen-bond donors (Lipinski definition) is 3. The first-order valence-electron chi connectivity index (χ1n) is 12.2. The van der Waals surface area contributed by atoms with Gasteiger partial charge in [0, 0.05) is 43.2 Å². The van der Waals surface area contributed by atoms with Gasteiger partial charge in [0.25, 0.3) is 5.56 Å². The molecule has 34 heavy (non-hydrogen) atoms. The minimum absolute atomic E-state index is 0.0438. The van der Waals surface area contributed by atoms with E-state index in [0.717, 1.165) is 73.1 Å². The fourth-order valence-electron chi connectivity index (χ4n) is 4.75. The van der Waals surface area contributed by atoms with Crippen molar-refractivity contribution in [1.29, 1.82) is 0 Å². The van der Waals surface area contributed by atoms with Crippen LogP contribution >= 0.6 is 0 Å². The zero-order chi connectivity index (χ0) is 23.7. The first-order chi connectivity index (χ1) is 16.5. The van der Waals surface area contributed by atoms with E-state index < -0.39 is 0 Å². The molecule has 7 nitrogen and oxygen atoms in total. The first-order valence-corrected chi connectivity index (χ1v) is 12.2. The minimum Gasteiger partial charge on any atom is -0.504 e. The lowest BCUT2D eigenvalue weighted by molar-refractivity contribution is 0.191. The smallest absolute Gasteiger partial charge is 0.251 e. The van der Waals surface area contributed by atoms with Crippen molar-refractivity contribution in [2.24, 2.45) is 0 Å². The highest BCUT2D eigenvalue weighted by atomic mass is 16.5. The molecule has 1 saturated carbocycles. The number of nitrogens with zero attached hydrogens (tertiary/aromatic N) is 2. The Morgan fingerprint density at radius 1 is 0.971 bits per heavy atom. The van der Waals surface area contributed by atoms with Gasteiger partial charge in [-0.25, -0.2) is 0 Å². The molecule has 1 saturated heterocycles. The molecule has 180 valence electrons. The Morgan fingerprint density at radius 3 is 2.50 bits per heavy atom. The average molecular weight is 464 g/mol. The van der Waals surface area contributed by atoms with Crippen LogP contribution in [0.3, 0.4) is 0 Å². The number of ether oxygens (including phenoxy) is 1. The van der Waals surface area contributed by atoms with Crippen LogP contribution in [-0.4, -0.2) is 51.5 Å². The zero-order valence-corrected chi connectivity index (χ0v) is 19.7. The predicted molar refractivity (Wildman–Crippen MR) is 133 cm³/mol. The number of aromatic hydroxyl groups is 2. The highest BCUT2D eigenvalue weighted by Crippen LogP contribution is 2.29. The van der Waals surface area contributed by atoms with Crippen LogP contribution in [0.5, 0.6) is 17.2 Å². The first kappa shape index (κ1) is 22.7. The number of phenolic OH excluding ortho intramolecular Hbond substituents is 2. The van der Waals surface area contributed by atoms with E-state index in [2.05, 4.69) is 16.3 Å². The van der Waals surface area contributed by atoms with Gasteiger partial charge in [0.1, 0.15) is 5.75 Å². The molecule has 2 aromatic carbocycles. The van der Waals surface area contributed by atoms with Gasteiger partial charge in [0.15, 0.2) is 11.5 Å². The van der Waals surface area contributed by atoms with E-state index in [1.165, 1.54) is 6.07 Å². The lowest BCUT2D eigenvalue weighted by Crippen LogP contribution is -2.43. The molecule has 2 heterocycles. The van der Waals surface area contributed by atoms with Gasteiger partial charge in [0.2, 0.25) is 0 Å². The fourth-order valence-corrected chi connectivity index (χ4v) is 4.75. The van der Waals surface area contributed by atoms with Crippen LogP contribution in [-0.2, 0) is 13.1 Å². The molecule has 0 atom stereocenters. The second-order valence-electron chi connectivity index (χ2n) is 9.63. The number of rotatable bonds is 8. The topological polar surface area (TPSA) is 87.0 Å². The van der Waals surface area contributed by atoms with Gasteiger partial charge >= 0.3 is 0 Å². The quantitative estimate of drug-likeness (QED) is 0.443. The van der Waals surface area contributed by atoms with Crippen LogP contribution < -0.4 is 15.6 Å². The molecular formula is C27H33N3O4. The summed E-state index contributed by atoms with van der Waals surface area (Å²) < 4.78 is 7.88. The lowest BCUT2D eigenvalue weighted by Gasteiger charge is -2.32. The third kappa shape index (κ3) is 5.21.